The van der Waals surface area contributed by atoms with Gasteiger partial charge in [0.25, 0.3) is 0 Å². The van der Waals surface area contributed by atoms with Gasteiger partial charge in [0.2, 0.25) is 0 Å². The summed E-state index contributed by atoms with van der Waals surface area (Å²) in [4.78, 5) is 9.85. The third kappa shape index (κ3) is 7.02. The van der Waals surface area contributed by atoms with E-state index in [0.29, 0.717) is 0 Å². The maximum absolute atomic E-state index is 4.80. The van der Waals surface area contributed by atoms with Crippen LogP contribution in [0.1, 0.15) is 52.4 Å². The fourth-order valence-corrected chi connectivity index (χ4v) is 3.27. The molecular formula is C17H35IN4. The number of likely N-dealkylation sites (tertiary alicyclic amines) is 2. The van der Waals surface area contributed by atoms with Crippen LogP contribution in [0.4, 0.5) is 0 Å². The number of hydrogen-bond donors (Lipinski definition) is 1. The van der Waals surface area contributed by atoms with Crippen molar-refractivity contribution in [2.75, 3.05) is 45.8 Å². The first-order chi connectivity index (χ1) is 10.3. The highest BCUT2D eigenvalue weighted by molar-refractivity contribution is 14.0. The van der Waals surface area contributed by atoms with Gasteiger partial charge in [0.15, 0.2) is 5.96 Å². The molecule has 2 aliphatic rings. The lowest BCUT2D eigenvalue weighted by molar-refractivity contribution is 0.190. The summed E-state index contributed by atoms with van der Waals surface area (Å²) in [7, 11) is 0. The molecule has 5 heteroatoms. The highest BCUT2D eigenvalue weighted by atomic mass is 127. The van der Waals surface area contributed by atoms with Crippen molar-refractivity contribution < 1.29 is 0 Å². The highest BCUT2D eigenvalue weighted by Gasteiger charge is 2.16. The Morgan fingerprint density at radius 1 is 1.09 bits per heavy atom. The molecule has 0 aromatic carbocycles. The van der Waals surface area contributed by atoms with Gasteiger partial charge < -0.3 is 15.1 Å². The van der Waals surface area contributed by atoms with Gasteiger partial charge in [-0.25, -0.2) is 0 Å². The SMILES string of the molecule is CCNC(=NCCCCN1CCC(C)CC1)N1CCCC1.I. The summed E-state index contributed by atoms with van der Waals surface area (Å²) in [6.07, 6.45) is 7.91. The fraction of sp³-hybridized carbons (Fsp3) is 0.941. The van der Waals surface area contributed by atoms with Gasteiger partial charge in [0, 0.05) is 26.2 Å². The maximum atomic E-state index is 4.80. The second-order valence-electron chi connectivity index (χ2n) is 6.66. The standard InChI is InChI=1S/C17H34N4.HI/c1-3-18-17(21-12-6-7-13-21)19-10-4-5-11-20-14-8-16(2)9-15-20;/h16H,3-15H2,1-2H3,(H,18,19);1H. The Bertz CT molecular complexity index is 308. The van der Waals surface area contributed by atoms with Crippen LogP contribution < -0.4 is 5.32 Å². The zero-order chi connectivity index (χ0) is 14.9. The van der Waals surface area contributed by atoms with Crippen molar-refractivity contribution >= 4 is 29.9 Å². The van der Waals surface area contributed by atoms with E-state index >= 15 is 0 Å². The smallest absolute Gasteiger partial charge is 0.193 e. The summed E-state index contributed by atoms with van der Waals surface area (Å²) in [5, 5.41) is 3.44. The molecule has 0 aromatic rings. The normalized spacial score (nSPS) is 21.0. The van der Waals surface area contributed by atoms with Gasteiger partial charge in [0.05, 0.1) is 0 Å². The molecule has 2 heterocycles. The molecule has 0 saturated carbocycles. The maximum Gasteiger partial charge on any atom is 0.193 e. The van der Waals surface area contributed by atoms with Crippen LogP contribution in [-0.4, -0.2) is 61.6 Å². The molecule has 0 aromatic heterocycles. The monoisotopic (exact) mass is 422 g/mol. The number of nitrogens with zero attached hydrogens (tertiary/aromatic N) is 3. The van der Waals surface area contributed by atoms with E-state index in [1.54, 1.807) is 0 Å². The Hall–Kier alpha value is -0.0400. The number of aliphatic imine (C=N–C) groups is 1. The van der Waals surface area contributed by atoms with Crippen LogP contribution in [0.5, 0.6) is 0 Å². The summed E-state index contributed by atoms with van der Waals surface area (Å²) in [6, 6.07) is 0. The minimum absolute atomic E-state index is 0. The molecule has 0 aliphatic carbocycles. The second-order valence-corrected chi connectivity index (χ2v) is 6.66. The third-order valence-corrected chi connectivity index (χ3v) is 4.76. The van der Waals surface area contributed by atoms with E-state index in [2.05, 4.69) is 29.0 Å². The van der Waals surface area contributed by atoms with Crippen molar-refractivity contribution in [2.24, 2.45) is 10.9 Å². The van der Waals surface area contributed by atoms with Crippen LogP contribution in [-0.2, 0) is 0 Å². The number of guanidine groups is 1. The largest absolute Gasteiger partial charge is 0.357 e. The summed E-state index contributed by atoms with van der Waals surface area (Å²) >= 11 is 0. The number of rotatable bonds is 6. The summed E-state index contributed by atoms with van der Waals surface area (Å²) in [5.74, 6) is 2.08. The Balaban J connectivity index is 0.00000242. The molecule has 4 nitrogen and oxygen atoms in total. The van der Waals surface area contributed by atoms with E-state index in [-0.39, 0.29) is 24.0 Å². The van der Waals surface area contributed by atoms with Gasteiger partial charge in [-0.15, -0.1) is 24.0 Å². The lowest BCUT2D eigenvalue weighted by Crippen LogP contribution is -2.39. The number of unbranched alkanes of at least 4 members (excludes halogenated alkanes) is 1. The Morgan fingerprint density at radius 2 is 1.77 bits per heavy atom. The predicted molar refractivity (Wildman–Crippen MR) is 106 cm³/mol. The molecule has 1 N–H and O–H groups in total. The average molecular weight is 422 g/mol. The van der Waals surface area contributed by atoms with Crippen LogP contribution in [0.3, 0.4) is 0 Å². The van der Waals surface area contributed by atoms with E-state index in [1.807, 2.05) is 0 Å². The van der Waals surface area contributed by atoms with Crippen molar-refractivity contribution in [3.8, 4) is 0 Å². The number of hydrogen-bond acceptors (Lipinski definition) is 2. The van der Waals surface area contributed by atoms with E-state index in [4.69, 9.17) is 4.99 Å². The molecule has 0 atom stereocenters. The van der Waals surface area contributed by atoms with Gasteiger partial charge in [-0.3, -0.25) is 4.99 Å². The van der Waals surface area contributed by atoms with Crippen molar-refractivity contribution in [1.82, 2.24) is 15.1 Å². The highest BCUT2D eigenvalue weighted by Crippen LogP contribution is 2.16. The van der Waals surface area contributed by atoms with Crippen molar-refractivity contribution in [1.29, 1.82) is 0 Å². The molecule has 0 radical (unpaired) electrons. The fourth-order valence-electron chi connectivity index (χ4n) is 3.27. The first-order valence-corrected chi connectivity index (χ1v) is 9.05. The average Bonchev–Trinajstić information content (AvgIpc) is 3.02. The van der Waals surface area contributed by atoms with Crippen LogP contribution in [0.15, 0.2) is 4.99 Å². The van der Waals surface area contributed by atoms with Crippen LogP contribution in [0, 0.1) is 5.92 Å². The second kappa shape index (κ2) is 11.5. The quantitative estimate of drug-likeness (QED) is 0.309. The molecule has 2 aliphatic heterocycles. The minimum Gasteiger partial charge on any atom is -0.357 e. The third-order valence-electron chi connectivity index (χ3n) is 4.76. The zero-order valence-electron chi connectivity index (χ0n) is 14.5. The Morgan fingerprint density at radius 3 is 2.41 bits per heavy atom. The van der Waals surface area contributed by atoms with Crippen LogP contribution in [0.2, 0.25) is 0 Å². The number of halogens is 1. The predicted octanol–water partition coefficient (Wildman–Crippen LogP) is 3.18. The molecule has 0 amide bonds. The summed E-state index contributed by atoms with van der Waals surface area (Å²) < 4.78 is 0. The van der Waals surface area contributed by atoms with Crippen molar-refractivity contribution in [3.63, 3.8) is 0 Å². The van der Waals surface area contributed by atoms with Gasteiger partial charge in [-0.05, 0) is 71.0 Å². The van der Waals surface area contributed by atoms with E-state index < -0.39 is 0 Å². The Kier molecular flexibility index (Phi) is 10.4. The minimum atomic E-state index is 0. The lowest BCUT2D eigenvalue weighted by Gasteiger charge is -2.30. The molecule has 22 heavy (non-hydrogen) atoms. The molecule has 130 valence electrons. The molecule has 0 bridgehead atoms. The van der Waals surface area contributed by atoms with Gasteiger partial charge in [-0.2, -0.15) is 0 Å². The Labute approximate surface area is 154 Å². The molecule has 0 unspecified atom stereocenters. The van der Waals surface area contributed by atoms with E-state index in [1.165, 1.54) is 71.2 Å². The van der Waals surface area contributed by atoms with Gasteiger partial charge in [0.1, 0.15) is 0 Å². The van der Waals surface area contributed by atoms with E-state index in [0.717, 1.165) is 25.0 Å². The number of piperidine rings is 1. The van der Waals surface area contributed by atoms with Crippen molar-refractivity contribution in [2.45, 2.75) is 52.4 Å². The van der Waals surface area contributed by atoms with E-state index in [9.17, 15) is 0 Å². The first kappa shape index (κ1) is 20.0. The van der Waals surface area contributed by atoms with Crippen molar-refractivity contribution in [3.05, 3.63) is 0 Å². The molecule has 0 spiro atoms. The topological polar surface area (TPSA) is 30.9 Å². The molecule has 2 fully saturated rings. The molecule has 2 rings (SSSR count). The van der Waals surface area contributed by atoms with Gasteiger partial charge in [-0.1, -0.05) is 6.92 Å². The lowest BCUT2D eigenvalue weighted by atomic mass is 9.99. The first-order valence-electron chi connectivity index (χ1n) is 9.05. The summed E-state index contributed by atoms with van der Waals surface area (Å²) in [6.45, 7) is 12.7. The van der Waals surface area contributed by atoms with Gasteiger partial charge >= 0.3 is 0 Å². The number of nitrogens with one attached hydrogen (secondary N) is 1. The van der Waals surface area contributed by atoms with Crippen LogP contribution >= 0.6 is 24.0 Å². The summed E-state index contributed by atoms with van der Waals surface area (Å²) in [5.41, 5.74) is 0. The zero-order valence-corrected chi connectivity index (χ0v) is 16.8. The molecular weight excluding hydrogens is 387 g/mol. The van der Waals surface area contributed by atoms with Crippen LogP contribution in [0.25, 0.3) is 0 Å². The molecule has 2 saturated heterocycles.